The molecule has 0 spiro atoms. The second kappa shape index (κ2) is 5.45. The van der Waals surface area contributed by atoms with E-state index in [1.165, 1.54) is 19.3 Å². The molecule has 20 heavy (non-hydrogen) atoms. The summed E-state index contributed by atoms with van der Waals surface area (Å²) in [4.78, 5) is 11.0. The van der Waals surface area contributed by atoms with Crippen molar-refractivity contribution in [3.63, 3.8) is 0 Å². The van der Waals surface area contributed by atoms with Gasteiger partial charge in [-0.25, -0.2) is 4.79 Å². The minimum atomic E-state index is -0.959. The summed E-state index contributed by atoms with van der Waals surface area (Å²) in [7, 11) is 0. The summed E-state index contributed by atoms with van der Waals surface area (Å²) in [6.07, 6.45) is 5.87. The molecule has 1 aromatic heterocycles. The largest absolute Gasteiger partial charge is 0.478 e. The molecule has 5 heteroatoms. The van der Waals surface area contributed by atoms with E-state index in [0.717, 1.165) is 12.8 Å². The number of carbonyl (C=O) groups is 1. The molecule has 0 aliphatic heterocycles. The van der Waals surface area contributed by atoms with Crippen molar-refractivity contribution < 1.29 is 14.3 Å². The average Bonchev–Trinajstić information content (AvgIpc) is 2.98. The zero-order chi connectivity index (χ0) is 13.9. The first-order valence-electron chi connectivity index (χ1n) is 6.91. The van der Waals surface area contributed by atoms with Gasteiger partial charge in [0.2, 0.25) is 11.8 Å². The molecule has 0 atom stereocenters. The molecule has 1 aromatic carbocycles. The van der Waals surface area contributed by atoms with Crippen LogP contribution in [0.5, 0.6) is 0 Å². The third-order valence-electron chi connectivity index (χ3n) is 3.75. The van der Waals surface area contributed by atoms with Crippen LogP contribution < -0.4 is 0 Å². The molecule has 1 aliphatic rings. The molecule has 104 valence electrons. The highest BCUT2D eigenvalue weighted by Crippen LogP contribution is 2.33. The smallest absolute Gasteiger partial charge is 0.335 e. The van der Waals surface area contributed by atoms with Gasteiger partial charge in [0.1, 0.15) is 0 Å². The van der Waals surface area contributed by atoms with Crippen LogP contribution in [0.3, 0.4) is 0 Å². The maximum atomic E-state index is 11.0. The second-order valence-electron chi connectivity index (χ2n) is 5.17. The van der Waals surface area contributed by atoms with E-state index in [1.54, 1.807) is 24.3 Å². The van der Waals surface area contributed by atoms with Gasteiger partial charge < -0.3 is 9.52 Å². The number of hydrogen-bond donors (Lipinski definition) is 1. The summed E-state index contributed by atoms with van der Waals surface area (Å²) in [6.45, 7) is 0. The molecule has 5 nitrogen and oxygen atoms in total. The average molecular weight is 272 g/mol. The van der Waals surface area contributed by atoms with Crippen LogP contribution in [-0.4, -0.2) is 21.3 Å². The lowest BCUT2D eigenvalue weighted by Crippen LogP contribution is -2.04. The van der Waals surface area contributed by atoms with Gasteiger partial charge in [0.25, 0.3) is 0 Å². The predicted octanol–water partition coefficient (Wildman–Crippen LogP) is 3.48. The normalized spacial score (nSPS) is 16.2. The zero-order valence-corrected chi connectivity index (χ0v) is 11.1. The molecule has 0 bridgehead atoms. The van der Waals surface area contributed by atoms with E-state index < -0.39 is 5.97 Å². The van der Waals surface area contributed by atoms with Crippen LogP contribution in [0.4, 0.5) is 0 Å². The molecule has 2 aromatic rings. The first kappa shape index (κ1) is 12.8. The first-order chi connectivity index (χ1) is 9.74. The van der Waals surface area contributed by atoms with E-state index in [4.69, 9.17) is 9.52 Å². The van der Waals surface area contributed by atoms with Crippen LogP contribution in [0.1, 0.15) is 54.3 Å². The first-order valence-corrected chi connectivity index (χ1v) is 6.91. The Kier molecular flexibility index (Phi) is 3.50. The van der Waals surface area contributed by atoms with Crippen LogP contribution in [0.25, 0.3) is 11.5 Å². The van der Waals surface area contributed by atoms with Crippen LogP contribution in [-0.2, 0) is 0 Å². The van der Waals surface area contributed by atoms with Crippen molar-refractivity contribution in [2.75, 3.05) is 0 Å². The van der Waals surface area contributed by atoms with Gasteiger partial charge in [0, 0.05) is 11.5 Å². The minimum absolute atomic E-state index is 0.222. The minimum Gasteiger partial charge on any atom is -0.478 e. The molecule has 1 saturated carbocycles. The number of aromatic nitrogens is 2. The zero-order valence-electron chi connectivity index (χ0n) is 11.1. The monoisotopic (exact) mass is 272 g/mol. The van der Waals surface area contributed by atoms with Crippen molar-refractivity contribution >= 4 is 5.97 Å². The lowest BCUT2D eigenvalue weighted by atomic mass is 9.89. The topological polar surface area (TPSA) is 76.2 Å². The fourth-order valence-electron chi connectivity index (χ4n) is 2.65. The van der Waals surface area contributed by atoms with Gasteiger partial charge in [-0.05, 0) is 31.0 Å². The Hall–Kier alpha value is -2.17. The lowest BCUT2D eigenvalue weighted by Gasteiger charge is -2.17. The molecule has 1 fully saturated rings. The Morgan fingerprint density at radius 1 is 1.20 bits per heavy atom. The van der Waals surface area contributed by atoms with Crippen molar-refractivity contribution in [3.05, 3.63) is 35.7 Å². The Bertz CT molecular complexity index is 615. The van der Waals surface area contributed by atoms with Crippen molar-refractivity contribution in [1.29, 1.82) is 0 Å². The predicted molar refractivity (Wildman–Crippen MR) is 72.5 cm³/mol. The van der Waals surface area contributed by atoms with E-state index in [2.05, 4.69) is 10.2 Å². The van der Waals surface area contributed by atoms with Gasteiger partial charge in [0.15, 0.2) is 0 Å². The molecular weight excluding hydrogens is 256 g/mol. The molecule has 3 rings (SSSR count). The fourth-order valence-corrected chi connectivity index (χ4v) is 2.65. The number of carboxylic acid groups (broad SMARTS) is 1. The Morgan fingerprint density at radius 3 is 2.75 bits per heavy atom. The van der Waals surface area contributed by atoms with Crippen molar-refractivity contribution in [3.8, 4) is 11.5 Å². The Labute approximate surface area is 116 Å². The number of carboxylic acids is 1. The molecule has 1 heterocycles. The van der Waals surface area contributed by atoms with Crippen LogP contribution in [0.15, 0.2) is 28.7 Å². The summed E-state index contributed by atoms with van der Waals surface area (Å²) in [5.74, 6) is 0.473. The van der Waals surface area contributed by atoms with Gasteiger partial charge in [-0.1, -0.05) is 25.3 Å². The third kappa shape index (κ3) is 2.57. The molecule has 0 unspecified atom stereocenters. The van der Waals surface area contributed by atoms with E-state index in [-0.39, 0.29) is 5.56 Å². The van der Waals surface area contributed by atoms with Crippen LogP contribution in [0, 0.1) is 0 Å². The Morgan fingerprint density at radius 2 is 2.00 bits per heavy atom. The number of benzene rings is 1. The van der Waals surface area contributed by atoms with Gasteiger partial charge in [-0.3, -0.25) is 0 Å². The van der Waals surface area contributed by atoms with Gasteiger partial charge in [0.05, 0.1) is 5.56 Å². The summed E-state index contributed by atoms with van der Waals surface area (Å²) >= 11 is 0. The lowest BCUT2D eigenvalue weighted by molar-refractivity contribution is 0.0697. The molecule has 1 aliphatic carbocycles. The van der Waals surface area contributed by atoms with E-state index in [1.807, 2.05) is 0 Å². The number of nitrogens with zero attached hydrogens (tertiary/aromatic N) is 2. The number of aromatic carboxylic acids is 1. The number of hydrogen-bond acceptors (Lipinski definition) is 4. The maximum absolute atomic E-state index is 11.0. The summed E-state index contributed by atoms with van der Waals surface area (Å²) in [5, 5.41) is 17.2. The molecule has 0 amide bonds. The van der Waals surface area contributed by atoms with Crippen molar-refractivity contribution in [2.45, 2.75) is 38.0 Å². The standard InChI is InChI=1S/C15H16N2O3/c18-15(19)12-8-4-7-11(9-12)14-17-16-13(20-14)10-5-2-1-3-6-10/h4,7-10H,1-3,5-6H2,(H,18,19). The third-order valence-corrected chi connectivity index (χ3v) is 3.75. The fraction of sp³-hybridized carbons (Fsp3) is 0.400. The highest BCUT2D eigenvalue weighted by atomic mass is 16.4. The SMILES string of the molecule is O=C(O)c1cccc(-c2nnc(C3CCCCC3)o2)c1. The highest BCUT2D eigenvalue weighted by Gasteiger charge is 2.21. The van der Waals surface area contributed by atoms with Crippen molar-refractivity contribution in [2.24, 2.45) is 0 Å². The summed E-state index contributed by atoms with van der Waals surface area (Å²) in [6, 6.07) is 6.57. The summed E-state index contributed by atoms with van der Waals surface area (Å²) in [5.41, 5.74) is 0.874. The Balaban J connectivity index is 1.85. The quantitative estimate of drug-likeness (QED) is 0.925. The van der Waals surface area contributed by atoms with Crippen LogP contribution in [0.2, 0.25) is 0 Å². The number of rotatable bonds is 3. The van der Waals surface area contributed by atoms with Crippen molar-refractivity contribution in [1.82, 2.24) is 10.2 Å². The second-order valence-corrected chi connectivity index (χ2v) is 5.17. The highest BCUT2D eigenvalue weighted by molar-refractivity contribution is 5.88. The van der Waals surface area contributed by atoms with Gasteiger partial charge in [-0.2, -0.15) is 0 Å². The summed E-state index contributed by atoms with van der Waals surface area (Å²) < 4.78 is 5.73. The van der Waals surface area contributed by atoms with Gasteiger partial charge >= 0.3 is 5.97 Å². The molecule has 0 radical (unpaired) electrons. The van der Waals surface area contributed by atoms with Crippen LogP contribution >= 0.6 is 0 Å². The van der Waals surface area contributed by atoms with E-state index in [0.29, 0.717) is 23.3 Å². The van der Waals surface area contributed by atoms with E-state index >= 15 is 0 Å². The molecule has 1 N–H and O–H groups in total. The molecular formula is C15H16N2O3. The van der Waals surface area contributed by atoms with Gasteiger partial charge in [-0.15, -0.1) is 10.2 Å². The molecule has 0 saturated heterocycles. The maximum Gasteiger partial charge on any atom is 0.335 e. The van der Waals surface area contributed by atoms with E-state index in [9.17, 15) is 4.79 Å².